The molecule has 0 atom stereocenters. The van der Waals surface area contributed by atoms with Crippen molar-refractivity contribution in [3.8, 4) is 17.2 Å². The molecule has 2 heterocycles. The minimum absolute atomic E-state index is 0.0347. The number of para-hydroxylation sites is 1. The number of aryl methyl sites for hydroxylation is 2. The number of carbonyl (C=O) groups excluding carboxylic acids is 1. The molecule has 0 fully saturated rings. The quantitative estimate of drug-likeness (QED) is 0.247. The molecule has 0 spiro atoms. The fourth-order valence-electron chi connectivity index (χ4n) is 3.70. The van der Waals surface area contributed by atoms with Crippen molar-refractivity contribution in [1.82, 2.24) is 4.57 Å². The lowest BCUT2D eigenvalue weighted by molar-refractivity contribution is 0.104. The van der Waals surface area contributed by atoms with Gasteiger partial charge in [0.15, 0.2) is 11.5 Å². The second-order valence-electron chi connectivity index (χ2n) is 7.96. The first-order chi connectivity index (χ1) is 16.6. The Bertz CT molecular complexity index is 1610. The summed E-state index contributed by atoms with van der Waals surface area (Å²) in [5.41, 5.74) is 2.80. The SMILES string of the molecule is C=CC(=O)c1cn(-c2cc(NS(=O)(=O)CC)ccc2Oc2c(C)cccc2C)c2ccsc2c1=O. The second-order valence-corrected chi connectivity index (χ2v) is 10.9. The number of ketones is 1. The molecule has 35 heavy (non-hydrogen) atoms. The van der Waals surface area contributed by atoms with Gasteiger partial charge in [0.2, 0.25) is 15.5 Å². The molecule has 2 aromatic carbocycles. The maximum atomic E-state index is 12.9. The smallest absolute Gasteiger partial charge is 0.232 e. The zero-order valence-corrected chi connectivity index (χ0v) is 21.1. The molecule has 0 aliphatic heterocycles. The normalized spacial score (nSPS) is 11.4. The number of hydrogen-bond donors (Lipinski definition) is 1. The summed E-state index contributed by atoms with van der Waals surface area (Å²) in [5, 5.41) is 1.76. The van der Waals surface area contributed by atoms with Gasteiger partial charge in [0.05, 0.1) is 32.9 Å². The number of nitrogens with zero attached hydrogens (tertiary/aromatic N) is 1. The minimum Gasteiger partial charge on any atom is -0.455 e. The molecule has 7 nitrogen and oxygen atoms in total. The standard InChI is InChI=1S/C26H24N2O5S2/c1-5-22(29)19-15-28(20-12-13-34-26(20)24(19)30)21-14-18(27-35(31,32)6-2)10-11-23(21)33-25-16(3)8-7-9-17(25)4/h5,7-15,27H,1,6H2,2-4H3. The van der Waals surface area contributed by atoms with Crippen molar-refractivity contribution in [2.24, 2.45) is 0 Å². The summed E-state index contributed by atoms with van der Waals surface area (Å²) in [4.78, 5) is 25.4. The average Bonchev–Trinajstić information content (AvgIpc) is 3.32. The van der Waals surface area contributed by atoms with Crippen LogP contribution in [0.25, 0.3) is 15.9 Å². The van der Waals surface area contributed by atoms with E-state index in [4.69, 9.17) is 4.74 Å². The summed E-state index contributed by atoms with van der Waals surface area (Å²) in [6.45, 7) is 8.92. The van der Waals surface area contributed by atoms with E-state index in [9.17, 15) is 18.0 Å². The van der Waals surface area contributed by atoms with Crippen LogP contribution in [-0.4, -0.2) is 24.5 Å². The van der Waals surface area contributed by atoms with Gasteiger partial charge in [-0.25, -0.2) is 8.42 Å². The molecule has 4 aromatic rings. The van der Waals surface area contributed by atoms with Crippen LogP contribution in [0.2, 0.25) is 0 Å². The number of anilines is 1. The van der Waals surface area contributed by atoms with E-state index in [0.29, 0.717) is 33.1 Å². The van der Waals surface area contributed by atoms with Crippen LogP contribution in [-0.2, 0) is 10.0 Å². The number of nitrogens with one attached hydrogen (secondary N) is 1. The predicted molar refractivity (Wildman–Crippen MR) is 141 cm³/mol. The topological polar surface area (TPSA) is 94.5 Å². The van der Waals surface area contributed by atoms with Crippen molar-refractivity contribution in [3.63, 3.8) is 0 Å². The second kappa shape index (κ2) is 9.52. The Morgan fingerprint density at radius 2 is 1.89 bits per heavy atom. The third kappa shape index (κ3) is 4.78. The Morgan fingerprint density at radius 3 is 2.54 bits per heavy atom. The summed E-state index contributed by atoms with van der Waals surface area (Å²) in [7, 11) is -3.54. The van der Waals surface area contributed by atoms with E-state index in [1.807, 2.05) is 32.0 Å². The highest BCUT2D eigenvalue weighted by Gasteiger charge is 2.19. The monoisotopic (exact) mass is 508 g/mol. The molecule has 9 heteroatoms. The summed E-state index contributed by atoms with van der Waals surface area (Å²) < 4.78 is 35.4. The Hall–Kier alpha value is -3.69. The highest BCUT2D eigenvalue weighted by atomic mass is 32.2. The molecule has 0 amide bonds. The van der Waals surface area contributed by atoms with Crippen LogP contribution in [0.15, 0.2) is 71.5 Å². The van der Waals surface area contributed by atoms with Gasteiger partial charge in [-0.2, -0.15) is 0 Å². The first kappa shape index (κ1) is 24.4. The van der Waals surface area contributed by atoms with Crippen molar-refractivity contribution < 1.29 is 17.9 Å². The van der Waals surface area contributed by atoms with Crippen LogP contribution in [0, 0.1) is 13.8 Å². The summed E-state index contributed by atoms with van der Waals surface area (Å²) in [6.07, 6.45) is 2.55. The lowest BCUT2D eigenvalue weighted by atomic mass is 10.1. The molecule has 180 valence electrons. The van der Waals surface area contributed by atoms with Gasteiger partial charge in [-0.1, -0.05) is 24.8 Å². The van der Waals surface area contributed by atoms with Crippen LogP contribution in [0.1, 0.15) is 28.4 Å². The van der Waals surface area contributed by atoms with Crippen LogP contribution in [0.4, 0.5) is 5.69 Å². The van der Waals surface area contributed by atoms with E-state index < -0.39 is 15.8 Å². The number of hydrogen-bond acceptors (Lipinski definition) is 6. The lowest BCUT2D eigenvalue weighted by Crippen LogP contribution is -2.17. The molecule has 4 rings (SSSR count). The number of pyridine rings is 1. The van der Waals surface area contributed by atoms with Crippen molar-refractivity contribution in [2.75, 3.05) is 10.5 Å². The molecular weight excluding hydrogens is 484 g/mol. The van der Waals surface area contributed by atoms with Gasteiger partial charge in [0, 0.05) is 6.20 Å². The fraction of sp³-hybridized carbons (Fsp3) is 0.154. The fourth-order valence-corrected chi connectivity index (χ4v) is 5.17. The van der Waals surface area contributed by atoms with Gasteiger partial charge >= 0.3 is 0 Å². The van der Waals surface area contributed by atoms with E-state index in [-0.39, 0.29) is 16.7 Å². The van der Waals surface area contributed by atoms with E-state index in [1.54, 1.807) is 41.1 Å². The third-order valence-corrected chi connectivity index (χ3v) is 7.77. The van der Waals surface area contributed by atoms with Gasteiger partial charge in [0.1, 0.15) is 5.75 Å². The highest BCUT2D eigenvalue weighted by Crippen LogP contribution is 2.36. The first-order valence-corrected chi connectivity index (χ1v) is 13.4. The number of aromatic nitrogens is 1. The number of fused-ring (bicyclic) bond motifs is 1. The Morgan fingerprint density at radius 1 is 1.17 bits per heavy atom. The number of rotatable bonds is 8. The molecule has 0 aliphatic carbocycles. The van der Waals surface area contributed by atoms with E-state index in [1.165, 1.54) is 17.5 Å². The Labute approximate surface area is 207 Å². The van der Waals surface area contributed by atoms with Crippen LogP contribution in [0.3, 0.4) is 0 Å². The average molecular weight is 509 g/mol. The third-order valence-electron chi connectivity index (χ3n) is 5.56. The number of ether oxygens (including phenoxy) is 1. The van der Waals surface area contributed by atoms with E-state index in [2.05, 4.69) is 11.3 Å². The van der Waals surface area contributed by atoms with Gasteiger partial charge < -0.3 is 9.30 Å². The molecule has 2 aromatic heterocycles. The minimum atomic E-state index is -3.54. The molecule has 0 aliphatic rings. The Kier molecular flexibility index (Phi) is 6.64. The Balaban J connectivity index is 2.00. The maximum Gasteiger partial charge on any atom is 0.232 e. The van der Waals surface area contributed by atoms with E-state index in [0.717, 1.165) is 17.2 Å². The zero-order valence-electron chi connectivity index (χ0n) is 19.5. The number of benzene rings is 2. The predicted octanol–water partition coefficient (Wildman–Crippen LogP) is 5.59. The largest absolute Gasteiger partial charge is 0.455 e. The van der Waals surface area contributed by atoms with Gasteiger partial charge in [-0.15, -0.1) is 11.3 Å². The van der Waals surface area contributed by atoms with Crippen LogP contribution < -0.4 is 14.9 Å². The van der Waals surface area contributed by atoms with Crippen molar-refractivity contribution in [1.29, 1.82) is 0 Å². The van der Waals surface area contributed by atoms with Crippen LogP contribution >= 0.6 is 11.3 Å². The number of carbonyl (C=O) groups is 1. The van der Waals surface area contributed by atoms with E-state index >= 15 is 0 Å². The van der Waals surface area contributed by atoms with Gasteiger partial charge in [-0.05, 0) is 67.6 Å². The van der Waals surface area contributed by atoms with Crippen molar-refractivity contribution in [2.45, 2.75) is 20.8 Å². The molecule has 0 saturated heterocycles. The molecule has 0 bridgehead atoms. The zero-order chi connectivity index (χ0) is 25.3. The molecule has 0 unspecified atom stereocenters. The first-order valence-electron chi connectivity index (χ1n) is 10.8. The van der Waals surface area contributed by atoms with Crippen LogP contribution in [0.5, 0.6) is 11.5 Å². The van der Waals surface area contributed by atoms with Gasteiger partial charge in [-0.3, -0.25) is 14.3 Å². The molecule has 0 radical (unpaired) electrons. The number of allylic oxidation sites excluding steroid dienone is 1. The molecular formula is C26H24N2O5S2. The maximum absolute atomic E-state index is 12.9. The lowest BCUT2D eigenvalue weighted by Gasteiger charge is -2.19. The summed E-state index contributed by atoms with van der Waals surface area (Å²) >= 11 is 1.23. The summed E-state index contributed by atoms with van der Waals surface area (Å²) in [6, 6.07) is 12.5. The highest BCUT2D eigenvalue weighted by molar-refractivity contribution is 7.92. The summed E-state index contributed by atoms with van der Waals surface area (Å²) in [5.74, 6) is 0.503. The van der Waals surface area contributed by atoms with Crippen molar-refractivity contribution in [3.05, 3.63) is 93.6 Å². The number of thiophene rings is 1. The van der Waals surface area contributed by atoms with Gasteiger partial charge in [0.25, 0.3) is 0 Å². The van der Waals surface area contributed by atoms with Crippen molar-refractivity contribution >= 4 is 43.0 Å². The number of sulfonamides is 1. The molecule has 1 N–H and O–H groups in total. The molecule has 0 saturated carbocycles.